The first-order valence-corrected chi connectivity index (χ1v) is 6.97. The molecule has 3 nitrogen and oxygen atoms in total. The molecule has 0 aromatic heterocycles. The minimum atomic E-state index is -0.851. The molecule has 0 spiro atoms. The van der Waals surface area contributed by atoms with E-state index in [4.69, 9.17) is 16.3 Å². The van der Waals surface area contributed by atoms with E-state index in [2.05, 4.69) is 0 Å². The second-order valence-corrected chi connectivity index (χ2v) is 5.66. The smallest absolute Gasteiger partial charge is 0.314 e. The van der Waals surface area contributed by atoms with Crippen molar-refractivity contribution < 1.29 is 14.6 Å². The van der Waals surface area contributed by atoms with E-state index >= 15 is 0 Å². The van der Waals surface area contributed by atoms with Crippen LogP contribution in [-0.4, -0.2) is 18.2 Å². The lowest BCUT2D eigenvalue weighted by atomic mass is 9.69. The molecule has 0 radical (unpaired) electrons. The molecule has 0 unspecified atom stereocenters. The first-order valence-electron chi connectivity index (χ1n) is 6.59. The van der Waals surface area contributed by atoms with Crippen LogP contribution in [0.1, 0.15) is 43.2 Å². The topological polar surface area (TPSA) is 46.5 Å². The van der Waals surface area contributed by atoms with Crippen LogP contribution < -0.4 is 4.74 Å². The molecule has 1 aliphatic carbocycles. The lowest BCUT2D eigenvalue weighted by Gasteiger charge is -2.34. The number of aryl methyl sites for hydroxylation is 1. The molecule has 0 saturated heterocycles. The number of ether oxygens (including phenoxy) is 1. The lowest BCUT2D eigenvalue weighted by molar-refractivity contribution is -0.145. The van der Waals surface area contributed by atoms with Crippen molar-refractivity contribution >= 4 is 17.6 Å². The molecule has 2 rings (SSSR count). The van der Waals surface area contributed by atoms with E-state index in [9.17, 15) is 9.90 Å². The van der Waals surface area contributed by atoms with Crippen molar-refractivity contribution in [2.24, 2.45) is 0 Å². The Morgan fingerprint density at radius 3 is 2.47 bits per heavy atom. The van der Waals surface area contributed by atoms with Gasteiger partial charge in [0.05, 0.1) is 12.5 Å². The summed E-state index contributed by atoms with van der Waals surface area (Å²) < 4.78 is 5.30. The van der Waals surface area contributed by atoms with Gasteiger partial charge in [0.1, 0.15) is 5.75 Å². The third kappa shape index (κ3) is 2.44. The molecule has 1 aliphatic rings. The molecule has 0 atom stereocenters. The fourth-order valence-electron chi connectivity index (χ4n) is 2.99. The molecule has 1 fully saturated rings. The third-order valence-electron chi connectivity index (χ3n) is 4.12. The Morgan fingerprint density at radius 2 is 1.95 bits per heavy atom. The van der Waals surface area contributed by atoms with E-state index in [1.54, 1.807) is 19.2 Å². The summed E-state index contributed by atoms with van der Waals surface area (Å²) in [6.45, 7) is 1.91. The van der Waals surface area contributed by atoms with Crippen LogP contribution in [0.5, 0.6) is 5.75 Å². The maximum Gasteiger partial charge on any atom is 0.314 e. The monoisotopic (exact) mass is 282 g/mol. The van der Waals surface area contributed by atoms with Crippen LogP contribution in [0.15, 0.2) is 12.1 Å². The van der Waals surface area contributed by atoms with Crippen molar-refractivity contribution in [2.45, 2.75) is 44.4 Å². The highest BCUT2D eigenvalue weighted by Gasteiger charge is 2.43. The molecule has 1 aromatic carbocycles. The molecule has 1 N–H and O–H groups in total. The quantitative estimate of drug-likeness (QED) is 0.913. The fourth-order valence-corrected chi connectivity index (χ4v) is 3.39. The minimum Gasteiger partial charge on any atom is -0.496 e. The molecule has 1 saturated carbocycles. The summed E-state index contributed by atoms with van der Waals surface area (Å²) >= 11 is 6.31. The summed E-state index contributed by atoms with van der Waals surface area (Å²) in [5, 5.41) is 10.2. The van der Waals surface area contributed by atoms with Gasteiger partial charge in [0.15, 0.2) is 0 Å². The van der Waals surface area contributed by atoms with Crippen LogP contribution in [-0.2, 0) is 10.2 Å². The van der Waals surface area contributed by atoms with Crippen molar-refractivity contribution in [3.63, 3.8) is 0 Å². The number of benzene rings is 1. The highest BCUT2D eigenvalue weighted by molar-refractivity contribution is 6.32. The van der Waals surface area contributed by atoms with Crippen molar-refractivity contribution in [3.05, 3.63) is 28.3 Å². The van der Waals surface area contributed by atoms with Gasteiger partial charge >= 0.3 is 5.97 Å². The zero-order chi connectivity index (χ0) is 14.0. The molecule has 0 bridgehead atoms. The summed E-state index contributed by atoms with van der Waals surface area (Å²) in [6, 6.07) is 3.60. The number of halogens is 1. The third-order valence-corrected chi connectivity index (χ3v) is 4.43. The van der Waals surface area contributed by atoms with Crippen LogP contribution in [0.3, 0.4) is 0 Å². The zero-order valence-electron chi connectivity index (χ0n) is 11.3. The number of carboxylic acid groups (broad SMARTS) is 1. The Labute approximate surface area is 118 Å². The number of hydrogen-bond donors (Lipinski definition) is 1. The van der Waals surface area contributed by atoms with Gasteiger partial charge in [0.25, 0.3) is 0 Å². The maximum atomic E-state index is 11.8. The number of carbonyl (C=O) groups is 1. The van der Waals surface area contributed by atoms with Gasteiger partial charge in [-0.25, -0.2) is 0 Å². The summed E-state index contributed by atoms with van der Waals surface area (Å²) in [5.74, 6) is -0.0781. The summed E-state index contributed by atoms with van der Waals surface area (Å²) in [5.41, 5.74) is 0.771. The van der Waals surface area contributed by atoms with E-state index in [0.717, 1.165) is 24.8 Å². The van der Waals surface area contributed by atoms with Gasteiger partial charge in [-0.15, -0.1) is 0 Å². The average Bonchev–Trinajstić information content (AvgIpc) is 2.39. The van der Waals surface area contributed by atoms with E-state index in [0.29, 0.717) is 29.2 Å². The van der Waals surface area contributed by atoms with E-state index in [1.165, 1.54) is 0 Å². The maximum absolute atomic E-state index is 11.8. The van der Waals surface area contributed by atoms with Gasteiger partial charge < -0.3 is 9.84 Å². The van der Waals surface area contributed by atoms with E-state index in [-0.39, 0.29) is 0 Å². The van der Waals surface area contributed by atoms with Crippen LogP contribution in [0.4, 0.5) is 0 Å². The van der Waals surface area contributed by atoms with Gasteiger partial charge in [-0.05, 0) is 43.0 Å². The lowest BCUT2D eigenvalue weighted by Crippen LogP contribution is -2.38. The van der Waals surface area contributed by atoms with Crippen molar-refractivity contribution in [2.75, 3.05) is 7.11 Å². The van der Waals surface area contributed by atoms with Crippen molar-refractivity contribution in [1.29, 1.82) is 0 Å². The molecular weight excluding hydrogens is 264 g/mol. The normalized spacial score (nSPS) is 18.1. The predicted molar refractivity (Wildman–Crippen MR) is 75.1 cm³/mol. The second-order valence-electron chi connectivity index (χ2n) is 5.25. The number of carboxylic acids is 1. The molecule has 0 aliphatic heterocycles. The number of rotatable bonds is 3. The molecule has 4 heteroatoms. The van der Waals surface area contributed by atoms with Crippen molar-refractivity contribution in [3.8, 4) is 5.75 Å². The predicted octanol–water partition coefficient (Wildman–Crippen LogP) is 3.94. The Kier molecular flexibility index (Phi) is 4.04. The summed E-state index contributed by atoms with van der Waals surface area (Å²) in [7, 11) is 1.59. The average molecular weight is 283 g/mol. The first kappa shape index (κ1) is 14.2. The van der Waals surface area contributed by atoms with Gasteiger partial charge in [0.2, 0.25) is 0 Å². The standard InChI is InChI=1S/C15H19ClO3/c1-10-8-12(16)11(9-13(10)19-2)15(14(17)18)6-4-3-5-7-15/h8-9H,3-7H2,1-2H3,(H,17,18). The fraction of sp³-hybridized carbons (Fsp3) is 0.533. The van der Waals surface area contributed by atoms with Gasteiger partial charge in [-0.2, -0.15) is 0 Å². The Bertz CT molecular complexity index is 490. The SMILES string of the molecule is COc1cc(C2(C(=O)O)CCCCC2)c(Cl)cc1C. The Hall–Kier alpha value is -1.22. The van der Waals surface area contributed by atoms with E-state index < -0.39 is 11.4 Å². The van der Waals surface area contributed by atoms with Crippen LogP contribution >= 0.6 is 11.6 Å². The summed E-state index contributed by atoms with van der Waals surface area (Å²) in [4.78, 5) is 11.8. The largest absolute Gasteiger partial charge is 0.496 e. The first-order chi connectivity index (χ1) is 9.01. The van der Waals surface area contributed by atoms with E-state index in [1.807, 2.05) is 6.92 Å². The number of hydrogen-bond acceptors (Lipinski definition) is 2. The molecule has 104 valence electrons. The number of aliphatic carboxylic acids is 1. The molecule has 0 heterocycles. The minimum absolute atomic E-state index is 0.530. The molecule has 1 aromatic rings. The zero-order valence-corrected chi connectivity index (χ0v) is 12.1. The highest BCUT2D eigenvalue weighted by Crippen LogP contribution is 2.44. The van der Waals surface area contributed by atoms with Crippen LogP contribution in [0.2, 0.25) is 5.02 Å². The highest BCUT2D eigenvalue weighted by atomic mass is 35.5. The van der Waals surface area contributed by atoms with Crippen LogP contribution in [0, 0.1) is 6.92 Å². The Balaban J connectivity index is 2.56. The van der Waals surface area contributed by atoms with Gasteiger partial charge in [0, 0.05) is 5.02 Å². The summed E-state index contributed by atoms with van der Waals surface area (Å²) in [6.07, 6.45) is 4.25. The van der Waals surface area contributed by atoms with Crippen LogP contribution in [0.25, 0.3) is 0 Å². The van der Waals surface area contributed by atoms with Gasteiger partial charge in [-0.3, -0.25) is 4.79 Å². The number of methoxy groups -OCH3 is 1. The molecule has 0 amide bonds. The van der Waals surface area contributed by atoms with Gasteiger partial charge in [-0.1, -0.05) is 30.9 Å². The van der Waals surface area contributed by atoms with Crippen molar-refractivity contribution in [1.82, 2.24) is 0 Å². The second kappa shape index (κ2) is 5.41. The molecule has 19 heavy (non-hydrogen) atoms. The Morgan fingerprint density at radius 1 is 1.32 bits per heavy atom. The molecular formula is C15H19ClO3.